The molecule has 27 heavy (non-hydrogen) atoms. The third-order valence-electron chi connectivity index (χ3n) is 4.31. The second-order valence-corrected chi connectivity index (χ2v) is 7.07. The smallest absolute Gasteiger partial charge is 0.211 e. The van der Waals surface area contributed by atoms with E-state index in [1.54, 1.807) is 23.7 Å². The van der Waals surface area contributed by atoms with E-state index in [9.17, 15) is 0 Å². The van der Waals surface area contributed by atoms with E-state index >= 15 is 0 Å². The molecule has 0 saturated carbocycles. The van der Waals surface area contributed by atoms with Crippen LogP contribution in [0.5, 0.6) is 0 Å². The first kappa shape index (κ1) is 17.6. The fourth-order valence-corrected chi connectivity index (χ4v) is 3.68. The maximum absolute atomic E-state index is 5.41. The number of benzene rings is 1. The largest absolute Gasteiger partial charge is 0.378 e. The van der Waals surface area contributed by atoms with Gasteiger partial charge in [0.1, 0.15) is 0 Å². The number of nitrogens with zero attached hydrogens (tertiary/aromatic N) is 5. The van der Waals surface area contributed by atoms with Crippen LogP contribution in [0.25, 0.3) is 0 Å². The molecule has 1 aromatic carbocycles. The van der Waals surface area contributed by atoms with Crippen molar-refractivity contribution in [2.75, 3.05) is 31.2 Å². The van der Waals surface area contributed by atoms with Crippen LogP contribution in [0, 0.1) is 6.92 Å². The average Bonchev–Trinajstić information content (AvgIpc) is 3.07. The molecule has 0 aliphatic carbocycles. The predicted octanol–water partition coefficient (Wildman–Crippen LogP) is 3.20. The van der Waals surface area contributed by atoms with E-state index in [1.807, 2.05) is 35.3 Å². The summed E-state index contributed by atoms with van der Waals surface area (Å²) in [5.74, 6) is 0. The van der Waals surface area contributed by atoms with E-state index in [1.165, 1.54) is 5.69 Å². The Morgan fingerprint density at radius 2 is 1.96 bits per heavy atom. The fourth-order valence-electron chi connectivity index (χ4n) is 2.85. The Morgan fingerprint density at radius 1 is 1.15 bits per heavy atom. The lowest BCUT2D eigenvalue weighted by atomic mass is 10.2. The molecular formula is C20H21N5OS. The topological polar surface area (TPSA) is 55.0 Å². The highest BCUT2D eigenvalue weighted by Crippen LogP contribution is 2.16. The third-order valence-corrected chi connectivity index (χ3v) is 5.25. The highest BCUT2D eigenvalue weighted by Gasteiger charge is 2.10. The van der Waals surface area contributed by atoms with E-state index in [4.69, 9.17) is 4.74 Å². The summed E-state index contributed by atoms with van der Waals surface area (Å²) in [5, 5.41) is 6.68. The molecule has 0 unspecified atom stereocenters. The molecule has 0 N–H and O–H groups in total. The zero-order chi connectivity index (χ0) is 18.5. The van der Waals surface area contributed by atoms with Gasteiger partial charge in [0, 0.05) is 30.4 Å². The first-order valence-corrected chi connectivity index (χ1v) is 9.76. The molecule has 1 fully saturated rings. The van der Waals surface area contributed by atoms with Crippen LogP contribution >= 0.6 is 11.3 Å². The molecule has 3 aromatic rings. The summed E-state index contributed by atoms with van der Waals surface area (Å²) in [6.07, 6.45) is 5.35. The average molecular weight is 379 g/mol. The number of hydrogen-bond acceptors (Lipinski definition) is 6. The molecule has 0 spiro atoms. The van der Waals surface area contributed by atoms with E-state index in [2.05, 4.69) is 44.2 Å². The molecule has 1 aliphatic rings. The van der Waals surface area contributed by atoms with Crippen LogP contribution in [0.3, 0.4) is 0 Å². The highest BCUT2D eigenvalue weighted by atomic mass is 32.1. The van der Waals surface area contributed by atoms with Gasteiger partial charge in [-0.05, 0) is 36.8 Å². The molecular weight excluding hydrogens is 358 g/mol. The molecule has 138 valence electrons. The first-order chi connectivity index (χ1) is 13.3. The number of thiazole rings is 1. The van der Waals surface area contributed by atoms with Crippen molar-refractivity contribution in [3.05, 3.63) is 70.2 Å². The Bertz CT molecular complexity index is 970. The quantitative estimate of drug-likeness (QED) is 0.654. The SMILES string of the molecule is Cc1csc(=Nc2cccnc2)n1N=Cc1ccc(N2CCOCC2)cc1. The van der Waals surface area contributed by atoms with Crippen molar-refractivity contribution in [3.63, 3.8) is 0 Å². The molecule has 7 heteroatoms. The Balaban J connectivity index is 1.55. The van der Waals surface area contributed by atoms with Crippen LogP contribution in [-0.2, 0) is 4.74 Å². The van der Waals surface area contributed by atoms with Crippen molar-refractivity contribution in [1.82, 2.24) is 9.66 Å². The maximum Gasteiger partial charge on any atom is 0.211 e. The lowest BCUT2D eigenvalue weighted by Gasteiger charge is -2.28. The number of aryl methyl sites for hydroxylation is 1. The summed E-state index contributed by atoms with van der Waals surface area (Å²) in [4.78, 5) is 11.9. The number of rotatable bonds is 4. The third kappa shape index (κ3) is 4.32. The Kier molecular flexibility index (Phi) is 5.41. The van der Waals surface area contributed by atoms with Gasteiger partial charge in [0.15, 0.2) is 0 Å². The minimum Gasteiger partial charge on any atom is -0.378 e. The molecule has 1 aliphatic heterocycles. The summed E-state index contributed by atoms with van der Waals surface area (Å²) in [5.41, 5.74) is 4.14. The lowest BCUT2D eigenvalue weighted by molar-refractivity contribution is 0.122. The molecule has 2 aromatic heterocycles. The van der Waals surface area contributed by atoms with Crippen LogP contribution in [0.15, 0.2) is 64.3 Å². The minimum absolute atomic E-state index is 0.792. The van der Waals surface area contributed by atoms with Gasteiger partial charge in [-0.25, -0.2) is 9.67 Å². The number of ether oxygens (including phenoxy) is 1. The standard InChI is InChI=1S/C20H21N5OS/c1-16-15-27-20(23-18-3-2-8-21-14-18)25(16)22-13-17-4-6-19(7-5-17)24-9-11-26-12-10-24/h2-8,13-15H,9-12H2,1H3. The van der Waals surface area contributed by atoms with Crippen molar-refractivity contribution in [1.29, 1.82) is 0 Å². The predicted molar refractivity (Wildman–Crippen MR) is 109 cm³/mol. The molecule has 3 heterocycles. The van der Waals surface area contributed by atoms with E-state index in [0.717, 1.165) is 48.0 Å². The Morgan fingerprint density at radius 3 is 2.70 bits per heavy atom. The summed E-state index contributed by atoms with van der Waals surface area (Å²) >= 11 is 1.56. The second kappa shape index (κ2) is 8.28. The molecule has 1 saturated heterocycles. The summed E-state index contributed by atoms with van der Waals surface area (Å²) < 4.78 is 7.27. The van der Waals surface area contributed by atoms with Gasteiger partial charge >= 0.3 is 0 Å². The molecule has 4 rings (SSSR count). The molecule has 0 radical (unpaired) electrons. The van der Waals surface area contributed by atoms with Crippen LogP contribution < -0.4 is 9.70 Å². The lowest BCUT2D eigenvalue weighted by Crippen LogP contribution is -2.36. The van der Waals surface area contributed by atoms with Crippen molar-refractivity contribution < 1.29 is 4.74 Å². The highest BCUT2D eigenvalue weighted by molar-refractivity contribution is 7.07. The van der Waals surface area contributed by atoms with E-state index < -0.39 is 0 Å². The van der Waals surface area contributed by atoms with Gasteiger partial charge in [0.25, 0.3) is 0 Å². The van der Waals surface area contributed by atoms with Gasteiger partial charge in [-0.3, -0.25) is 4.98 Å². The van der Waals surface area contributed by atoms with Crippen LogP contribution in [-0.4, -0.2) is 42.2 Å². The molecule has 0 atom stereocenters. The number of anilines is 1. The van der Waals surface area contributed by atoms with Crippen molar-refractivity contribution >= 4 is 28.9 Å². The monoisotopic (exact) mass is 379 g/mol. The van der Waals surface area contributed by atoms with E-state index in [0.29, 0.717) is 0 Å². The number of pyridine rings is 1. The van der Waals surface area contributed by atoms with Crippen molar-refractivity contribution in [2.24, 2.45) is 10.1 Å². The van der Waals surface area contributed by atoms with Crippen LogP contribution in [0.2, 0.25) is 0 Å². The zero-order valence-electron chi connectivity index (χ0n) is 15.2. The number of aromatic nitrogens is 2. The van der Waals surface area contributed by atoms with Gasteiger partial charge in [-0.2, -0.15) is 5.10 Å². The zero-order valence-corrected chi connectivity index (χ0v) is 16.0. The first-order valence-electron chi connectivity index (χ1n) is 8.88. The number of hydrogen-bond donors (Lipinski definition) is 0. The molecule has 0 bridgehead atoms. The van der Waals surface area contributed by atoms with Gasteiger partial charge in [0.05, 0.1) is 37.0 Å². The minimum atomic E-state index is 0.792. The summed E-state index contributed by atoms with van der Waals surface area (Å²) in [6.45, 7) is 5.49. The van der Waals surface area contributed by atoms with Crippen LogP contribution in [0.4, 0.5) is 11.4 Å². The summed E-state index contributed by atoms with van der Waals surface area (Å²) in [6, 6.07) is 12.3. The van der Waals surface area contributed by atoms with Gasteiger partial charge in [-0.1, -0.05) is 12.1 Å². The Labute approximate surface area is 162 Å². The molecule has 0 amide bonds. The summed E-state index contributed by atoms with van der Waals surface area (Å²) in [7, 11) is 0. The van der Waals surface area contributed by atoms with Gasteiger partial charge in [-0.15, -0.1) is 11.3 Å². The van der Waals surface area contributed by atoms with Crippen molar-refractivity contribution in [2.45, 2.75) is 6.92 Å². The molecule has 6 nitrogen and oxygen atoms in total. The normalized spacial score (nSPS) is 15.6. The van der Waals surface area contributed by atoms with Crippen LogP contribution in [0.1, 0.15) is 11.3 Å². The second-order valence-electron chi connectivity index (χ2n) is 6.23. The fraction of sp³-hybridized carbons (Fsp3) is 0.250. The van der Waals surface area contributed by atoms with Gasteiger partial charge in [0.2, 0.25) is 4.80 Å². The number of morpholine rings is 1. The Hall–Kier alpha value is -2.77. The van der Waals surface area contributed by atoms with Gasteiger partial charge < -0.3 is 9.64 Å². The van der Waals surface area contributed by atoms with E-state index in [-0.39, 0.29) is 0 Å². The maximum atomic E-state index is 5.41. The van der Waals surface area contributed by atoms with Crippen molar-refractivity contribution in [3.8, 4) is 0 Å².